The third-order valence-corrected chi connectivity index (χ3v) is 3.55. The Morgan fingerprint density at radius 3 is 2.90 bits per heavy atom. The van der Waals surface area contributed by atoms with Gasteiger partial charge in [-0.3, -0.25) is 4.79 Å². The van der Waals surface area contributed by atoms with Gasteiger partial charge in [0.25, 0.3) is 0 Å². The summed E-state index contributed by atoms with van der Waals surface area (Å²) in [6, 6.07) is 7.64. The zero-order valence-electron chi connectivity index (χ0n) is 12.0. The number of ether oxygens (including phenoxy) is 2. The van der Waals surface area contributed by atoms with Crippen LogP contribution in [0.5, 0.6) is 5.75 Å². The van der Waals surface area contributed by atoms with E-state index in [9.17, 15) is 4.79 Å². The van der Waals surface area contributed by atoms with Crippen molar-refractivity contribution in [1.82, 2.24) is 4.98 Å². The van der Waals surface area contributed by atoms with Gasteiger partial charge in [-0.15, -0.1) is 0 Å². The first-order valence-electron chi connectivity index (χ1n) is 7.18. The maximum atomic E-state index is 11.4. The number of carbonyl (C=O) groups is 1. The van der Waals surface area contributed by atoms with Crippen LogP contribution in [0.15, 0.2) is 24.3 Å². The van der Waals surface area contributed by atoms with Gasteiger partial charge in [-0.25, -0.2) is 4.98 Å². The van der Waals surface area contributed by atoms with Gasteiger partial charge in [-0.1, -0.05) is 12.1 Å². The monoisotopic (exact) mass is 286 g/mol. The second-order valence-electron chi connectivity index (χ2n) is 4.88. The third kappa shape index (κ3) is 2.69. The van der Waals surface area contributed by atoms with Crippen molar-refractivity contribution in [3.05, 3.63) is 29.8 Å². The van der Waals surface area contributed by atoms with E-state index in [1.165, 1.54) is 0 Å². The summed E-state index contributed by atoms with van der Waals surface area (Å²) in [4.78, 5) is 18.2. The molecule has 0 saturated carbocycles. The summed E-state index contributed by atoms with van der Waals surface area (Å²) in [5, 5.41) is 0.917. The molecule has 0 atom stereocenters. The predicted octanol–water partition coefficient (Wildman–Crippen LogP) is 2.28. The Bertz CT molecular complexity index is 651. The Kier molecular flexibility index (Phi) is 4.01. The van der Waals surface area contributed by atoms with E-state index >= 15 is 0 Å². The van der Waals surface area contributed by atoms with Gasteiger partial charge in [-0.05, 0) is 19.1 Å². The molecule has 1 aromatic heterocycles. The minimum atomic E-state index is 0.586. The van der Waals surface area contributed by atoms with Crippen LogP contribution in [0, 0.1) is 0 Å². The Morgan fingerprint density at radius 2 is 2.19 bits per heavy atom. The van der Waals surface area contributed by atoms with Crippen molar-refractivity contribution in [2.24, 2.45) is 0 Å². The molecule has 0 radical (unpaired) electrons. The maximum absolute atomic E-state index is 11.4. The molecule has 0 unspecified atom stereocenters. The second-order valence-corrected chi connectivity index (χ2v) is 4.88. The highest BCUT2D eigenvalue weighted by Gasteiger charge is 2.18. The number of benzene rings is 1. The van der Waals surface area contributed by atoms with Gasteiger partial charge >= 0.3 is 0 Å². The SMILES string of the molecule is CCOc1cccc2cc(C=O)c(N3CCOCC3)nc12. The van der Waals surface area contributed by atoms with Crippen LogP contribution in [0.2, 0.25) is 0 Å². The number of pyridine rings is 1. The fourth-order valence-corrected chi connectivity index (χ4v) is 2.57. The van der Waals surface area contributed by atoms with Gasteiger partial charge in [0.15, 0.2) is 6.29 Å². The summed E-state index contributed by atoms with van der Waals surface area (Å²) >= 11 is 0. The van der Waals surface area contributed by atoms with Gasteiger partial charge in [0.1, 0.15) is 17.1 Å². The average molecular weight is 286 g/mol. The van der Waals surface area contributed by atoms with E-state index in [1.54, 1.807) is 0 Å². The molecule has 110 valence electrons. The molecule has 0 bridgehead atoms. The quantitative estimate of drug-likeness (QED) is 0.807. The average Bonchev–Trinajstić information content (AvgIpc) is 2.55. The van der Waals surface area contributed by atoms with Crippen LogP contribution in [0.3, 0.4) is 0 Å². The Morgan fingerprint density at radius 1 is 1.38 bits per heavy atom. The van der Waals surface area contributed by atoms with Gasteiger partial charge in [-0.2, -0.15) is 0 Å². The number of carbonyl (C=O) groups excluding carboxylic acids is 1. The molecule has 5 heteroatoms. The Balaban J connectivity index is 2.12. The molecular formula is C16H18N2O3. The number of anilines is 1. The van der Waals surface area contributed by atoms with Crippen LogP contribution in [-0.2, 0) is 4.74 Å². The molecule has 0 N–H and O–H groups in total. The van der Waals surface area contributed by atoms with E-state index in [2.05, 4.69) is 4.90 Å². The summed E-state index contributed by atoms with van der Waals surface area (Å²) in [7, 11) is 0. The Hall–Kier alpha value is -2.14. The van der Waals surface area contributed by atoms with Crippen molar-refractivity contribution >= 4 is 23.0 Å². The fourth-order valence-electron chi connectivity index (χ4n) is 2.57. The van der Waals surface area contributed by atoms with Crippen LogP contribution >= 0.6 is 0 Å². The predicted molar refractivity (Wildman–Crippen MR) is 81.3 cm³/mol. The van der Waals surface area contributed by atoms with E-state index in [-0.39, 0.29) is 0 Å². The minimum absolute atomic E-state index is 0.586. The van der Waals surface area contributed by atoms with Crippen LogP contribution in [0.1, 0.15) is 17.3 Å². The number of hydrogen-bond acceptors (Lipinski definition) is 5. The zero-order chi connectivity index (χ0) is 14.7. The molecule has 21 heavy (non-hydrogen) atoms. The molecule has 0 spiro atoms. The molecule has 2 heterocycles. The highest BCUT2D eigenvalue weighted by molar-refractivity contribution is 5.94. The first kappa shape index (κ1) is 13.8. The largest absolute Gasteiger partial charge is 0.492 e. The van der Waals surface area contributed by atoms with Crippen molar-refractivity contribution < 1.29 is 14.3 Å². The number of rotatable bonds is 4. The van der Waals surface area contributed by atoms with E-state index in [0.29, 0.717) is 31.2 Å². The summed E-state index contributed by atoms with van der Waals surface area (Å²) < 4.78 is 11.0. The molecule has 2 aromatic rings. The van der Waals surface area contributed by atoms with Crippen LogP contribution in [0.25, 0.3) is 10.9 Å². The lowest BCUT2D eigenvalue weighted by molar-refractivity contribution is 0.111. The molecule has 1 aromatic carbocycles. The lowest BCUT2D eigenvalue weighted by Gasteiger charge is -2.29. The number of aromatic nitrogens is 1. The van der Waals surface area contributed by atoms with Crippen LogP contribution < -0.4 is 9.64 Å². The lowest BCUT2D eigenvalue weighted by atomic mass is 10.1. The summed E-state index contributed by atoms with van der Waals surface area (Å²) in [6.45, 7) is 5.34. The first-order valence-corrected chi connectivity index (χ1v) is 7.18. The topological polar surface area (TPSA) is 51.7 Å². The summed E-state index contributed by atoms with van der Waals surface area (Å²) in [5.41, 5.74) is 1.41. The number of aldehydes is 1. The standard InChI is InChI=1S/C16H18N2O3/c1-2-21-14-5-3-4-12-10-13(11-19)16(17-15(12)14)18-6-8-20-9-7-18/h3-5,10-11H,2,6-9H2,1H3. The number of nitrogens with zero attached hydrogens (tertiary/aromatic N) is 2. The molecule has 0 aliphatic carbocycles. The van der Waals surface area contributed by atoms with E-state index in [4.69, 9.17) is 14.5 Å². The van der Waals surface area contributed by atoms with Crippen LogP contribution in [-0.4, -0.2) is 44.2 Å². The van der Waals surface area contributed by atoms with E-state index < -0.39 is 0 Å². The molecule has 3 rings (SSSR count). The number of para-hydroxylation sites is 1. The molecule has 5 nitrogen and oxygen atoms in total. The van der Waals surface area contributed by atoms with Crippen molar-refractivity contribution in [3.8, 4) is 5.75 Å². The molecular weight excluding hydrogens is 268 g/mol. The normalized spacial score (nSPS) is 15.2. The lowest BCUT2D eigenvalue weighted by Crippen LogP contribution is -2.37. The number of hydrogen-bond donors (Lipinski definition) is 0. The smallest absolute Gasteiger partial charge is 0.153 e. The maximum Gasteiger partial charge on any atom is 0.153 e. The minimum Gasteiger partial charge on any atom is -0.492 e. The zero-order valence-corrected chi connectivity index (χ0v) is 12.0. The van der Waals surface area contributed by atoms with Crippen molar-refractivity contribution in [2.75, 3.05) is 37.8 Å². The van der Waals surface area contributed by atoms with E-state index in [1.807, 2.05) is 31.2 Å². The van der Waals surface area contributed by atoms with Crippen molar-refractivity contribution in [3.63, 3.8) is 0 Å². The highest BCUT2D eigenvalue weighted by atomic mass is 16.5. The summed E-state index contributed by atoms with van der Waals surface area (Å²) in [5.74, 6) is 1.47. The third-order valence-electron chi connectivity index (χ3n) is 3.55. The van der Waals surface area contributed by atoms with Gasteiger partial charge < -0.3 is 14.4 Å². The molecule has 1 aliphatic rings. The Labute approximate surface area is 123 Å². The van der Waals surface area contributed by atoms with Gasteiger partial charge in [0.05, 0.1) is 25.4 Å². The number of fused-ring (bicyclic) bond motifs is 1. The molecule has 0 amide bonds. The van der Waals surface area contributed by atoms with E-state index in [0.717, 1.165) is 36.0 Å². The van der Waals surface area contributed by atoms with Crippen molar-refractivity contribution in [2.45, 2.75) is 6.92 Å². The number of morpholine rings is 1. The second kappa shape index (κ2) is 6.10. The fraction of sp³-hybridized carbons (Fsp3) is 0.375. The first-order chi connectivity index (χ1) is 10.3. The summed E-state index contributed by atoms with van der Waals surface area (Å²) in [6.07, 6.45) is 0.866. The van der Waals surface area contributed by atoms with Gasteiger partial charge in [0, 0.05) is 18.5 Å². The van der Waals surface area contributed by atoms with Crippen molar-refractivity contribution in [1.29, 1.82) is 0 Å². The van der Waals surface area contributed by atoms with Gasteiger partial charge in [0.2, 0.25) is 0 Å². The molecule has 1 fully saturated rings. The molecule has 1 saturated heterocycles. The van der Waals surface area contributed by atoms with Crippen LogP contribution in [0.4, 0.5) is 5.82 Å². The molecule has 1 aliphatic heterocycles. The highest BCUT2D eigenvalue weighted by Crippen LogP contribution is 2.29.